The summed E-state index contributed by atoms with van der Waals surface area (Å²) in [5.74, 6) is 0.577. The van der Waals surface area contributed by atoms with Gasteiger partial charge >= 0.3 is 0 Å². The van der Waals surface area contributed by atoms with Crippen LogP contribution < -0.4 is 10.5 Å². The van der Waals surface area contributed by atoms with Gasteiger partial charge in [-0.3, -0.25) is 9.69 Å². The number of nitrogens with one attached hydrogen (secondary N) is 1. The maximum Gasteiger partial charge on any atom is 0.290 e. The quantitative estimate of drug-likeness (QED) is 0.766. The highest BCUT2D eigenvalue weighted by Crippen LogP contribution is 2.29. The normalized spacial score (nSPS) is 29.4. The summed E-state index contributed by atoms with van der Waals surface area (Å²) in [4.78, 5) is 23.3. The zero-order valence-electron chi connectivity index (χ0n) is 10.1. The number of hydrogen-bond acceptors (Lipinski definition) is 4. The molecule has 5 nitrogen and oxygen atoms in total. The standard InChI is InChI=1S/C12H18N4O/c1-15-9-2-3-10(15)8-16(7-4-9)11-12(17)14-6-5-13-11/h5-6,9-10H,2-4,7-8H2,1H3,(H,14,17). The third kappa shape index (κ3) is 1.84. The molecule has 2 fully saturated rings. The van der Waals surface area contributed by atoms with Crippen LogP contribution in [0.2, 0.25) is 0 Å². The highest BCUT2D eigenvalue weighted by atomic mass is 16.1. The molecule has 1 aromatic rings. The number of anilines is 1. The summed E-state index contributed by atoms with van der Waals surface area (Å²) in [7, 11) is 2.20. The number of aromatic amines is 1. The van der Waals surface area contributed by atoms with Crippen LogP contribution in [0, 0.1) is 0 Å². The molecule has 2 bridgehead atoms. The van der Waals surface area contributed by atoms with Gasteiger partial charge in [-0.2, -0.15) is 0 Å². The molecule has 0 aliphatic carbocycles. The van der Waals surface area contributed by atoms with Crippen molar-refractivity contribution in [3.05, 3.63) is 22.7 Å². The van der Waals surface area contributed by atoms with Gasteiger partial charge in [0.25, 0.3) is 5.56 Å². The largest absolute Gasteiger partial charge is 0.350 e. The molecule has 3 rings (SSSR count). The van der Waals surface area contributed by atoms with E-state index in [0.29, 0.717) is 17.9 Å². The van der Waals surface area contributed by atoms with Crippen LogP contribution in [0.25, 0.3) is 0 Å². The molecule has 2 saturated heterocycles. The van der Waals surface area contributed by atoms with Gasteiger partial charge in [0.1, 0.15) is 0 Å². The van der Waals surface area contributed by atoms with Gasteiger partial charge in [-0.25, -0.2) is 4.98 Å². The van der Waals surface area contributed by atoms with Crippen molar-refractivity contribution in [3.8, 4) is 0 Å². The van der Waals surface area contributed by atoms with Gasteiger partial charge in [0.05, 0.1) is 0 Å². The van der Waals surface area contributed by atoms with Crippen LogP contribution in [-0.2, 0) is 0 Å². The molecule has 17 heavy (non-hydrogen) atoms. The third-order valence-corrected chi connectivity index (χ3v) is 4.14. The van der Waals surface area contributed by atoms with E-state index in [4.69, 9.17) is 0 Å². The van der Waals surface area contributed by atoms with Crippen molar-refractivity contribution in [2.75, 3.05) is 25.0 Å². The molecular weight excluding hydrogens is 216 g/mol. The zero-order chi connectivity index (χ0) is 11.8. The minimum atomic E-state index is -0.0760. The van der Waals surface area contributed by atoms with E-state index in [1.165, 1.54) is 12.8 Å². The minimum Gasteiger partial charge on any atom is -0.350 e. The molecule has 1 N–H and O–H groups in total. The van der Waals surface area contributed by atoms with Crippen LogP contribution >= 0.6 is 0 Å². The molecule has 2 aliphatic heterocycles. The zero-order valence-corrected chi connectivity index (χ0v) is 10.1. The number of rotatable bonds is 1. The van der Waals surface area contributed by atoms with Crippen LogP contribution in [0.15, 0.2) is 17.2 Å². The Kier molecular flexibility index (Phi) is 2.63. The molecule has 2 atom stereocenters. The van der Waals surface area contributed by atoms with Gasteiger partial charge in [-0.1, -0.05) is 0 Å². The van der Waals surface area contributed by atoms with Crippen LogP contribution in [0.1, 0.15) is 19.3 Å². The van der Waals surface area contributed by atoms with Gasteiger partial charge in [-0.15, -0.1) is 0 Å². The predicted octanol–water partition coefficient (Wildman–Crippen LogP) is 0.443. The molecule has 3 heterocycles. The number of H-pyrrole nitrogens is 1. The van der Waals surface area contributed by atoms with Crippen molar-refractivity contribution < 1.29 is 0 Å². The van der Waals surface area contributed by atoms with E-state index in [2.05, 4.69) is 26.8 Å². The summed E-state index contributed by atoms with van der Waals surface area (Å²) < 4.78 is 0. The fourth-order valence-corrected chi connectivity index (χ4v) is 3.07. The molecular formula is C12H18N4O. The Labute approximate surface area is 100 Å². The molecule has 0 aromatic carbocycles. The SMILES string of the molecule is CN1C2CCC1CN(c1ncc[nH]c1=O)CC2. The first-order chi connectivity index (χ1) is 8.25. The Morgan fingerprint density at radius 1 is 1.35 bits per heavy atom. The van der Waals surface area contributed by atoms with Crippen molar-refractivity contribution in [1.82, 2.24) is 14.9 Å². The van der Waals surface area contributed by atoms with Gasteiger partial charge in [0.15, 0.2) is 5.82 Å². The summed E-state index contributed by atoms with van der Waals surface area (Å²) in [6.07, 6.45) is 6.91. The Balaban J connectivity index is 1.86. The molecule has 0 spiro atoms. The van der Waals surface area contributed by atoms with Crippen molar-refractivity contribution >= 4 is 5.82 Å². The van der Waals surface area contributed by atoms with E-state index < -0.39 is 0 Å². The van der Waals surface area contributed by atoms with E-state index in [1.54, 1.807) is 12.4 Å². The fraction of sp³-hybridized carbons (Fsp3) is 0.667. The van der Waals surface area contributed by atoms with Crippen molar-refractivity contribution in [3.63, 3.8) is 0 Å². The lowest BCUT2D eigenvalue weighted by atomic mass is 10.1. The third-order valence-electron chi connectivity index (χ3n) is 4.14. The molecule has 1 aromatic heterocycles. The molecule has 0 saturated carbocycles. The minimum absolute atomic E-state index is 0.0760. The van der Waals surface area contributed by atoms with E-state index in [-0.39, 0.29) is 5.56 Å². The second-order valence-electron chi connectivity index (χ2n) is 5.03. The summed E-state index contributed by atoms with van der Waals surface area (Å²) in [5, 5.41) is 0. The molecule has 0 radical (unpaired) electrons. The van der Waals surface area contributed by atoms with Crippen molar-refractivity contribution in [2.45, 2.75) is 31.3 Å². The summed E-state index contributed by atoms with van der Waals surface area (Å²) in [6.45, 7) is 1.86. The lowest BCUT2D eigenvalue weighted by Gasteiger charge is -2.25. The number of likely N-dealkylation sites (N-methyl/N-ethyl adjacent to an activating group) is 1. The maximum absolute atomic E-state index is 11.7. The smallest absolute Gasteiger partial charge is 0.290 e. The second kappa shape index (κ2) is 4.14. The van der Waals surface area contributed by atoms with E-state index in [1.807, 2.05) is 0 Å². The van der Waals surface area contributed by atoms with Gasteiger partial charge in [0, 0.05) is 37.6 Å². The van der Waals surface area contributed by atoms with E-state index >= 15 is 0 Å². The second-order valence-corrected chi connectivity index (χ2v) is 5.03. The Bertz CT molecular complexity index is 458. The number of aromatic nitrogens is 2. The summed E-state index contributed by atoms with van der Waals surface area (Å²) in [5.41, 5.74) is -0.0760. The Hall–Kier alpha value is -1.36. The molecule has 5 heteroatoms. The number of hydrogen-bond donors (Lipinski definition) is 1. The van der Waals surface area contributed by atoms with Crippen LogP contribution in [-0.4, -0.2) is 47.1 Å². The monoisotopic (exact) mass is 234 g/mol. The molecule has 2 unspecified atom stereocenters. The van der Waals surface area contributed by atoms with Crippen LogP contribution in [0.3, 0.4) is 0 Å². The van der Waals surface area contributed by atoms with E-state index in [9.17, 15) is 4.79 Å². The highest BCUT2D eigenvalue weighted by molar-refractivity contribution is 5.36. The lowest BCUT2D eigenvalue weighted by molar-refractivity contribution is 0.254. The average molecular weight is 234 g/mol. The van der Waals surface area contributed by atoms with Crippen molar-refractivity contribution in [1.29, 1.82) is 0 Å². The van der Waals surface area contributed by atoms with Crippen molar-refractivity contribution in [2.24, 2.45) is 0 Å². The summed E-state index contributed by atoms with van der Waals surface area (Å²) >= 11 is 0. The first-order valence-electron chi connectivity index (χ1n) is 6.26. The highest BCUT2D eigenvalue weighted by Gasteiger charge is 2.35. The van der Waals surface area contributed by atoms with Crippen LogP contribution in [0.5, 0.6) is 0 Å². The van der Waals surface area contributed by atoms with Gasteiger partial charge in [0.2, 0.25) is 0 Å². The van der Waals surface area contributed by atoms with Gasteiger partial charge < -0.3 is 9.88 Å². The average Bonchev–Trinajstić information content (AvgIpc) is 2.55. The summed E-state index contributed by atoms with van der Waals surface area (Å²) in [6, 6.07) is 1.26. The first kappa shape index (κ1) is 10.8. The molecule has 92 valence electrons. The number of nitrogens with zero attached hydrogens (tertiary/aromatic N) is 3. The lowest BCUT2D eigenvalue weighted by Crippen LogP contribution is -2.39. The van der Waals surface area contributed by atoms with E-state index in [0.717, 1.165) is 19.5 Å². The fourth-order valence-electron chi connectivity index (χ4n) is 3.07. The first-order valence-corrected chi connectivity index (χ1v) is 6.26. The Morgan fingerprint density at radius 2 is 2.18 bits per heavy atom. The maximum atomic E-state index is 11.7. The molecule has 2 aliphatic rings. The van der Waals surface area contributed by atoms with Crippen LogP contribution in [0.4, 0.5) is 5.82 Å². The predicted molar refractivity (Wildman–Crippen MR) is 66.3 cm³/mol. The van der Waals surface area contributed by atoms with Gasteiger partial charge in [-0.05, 0) is 26.3 Å². The number of fused-ring (bicyclic) bond motifs is 2. The topological polar surface area (TPSA) is 52.2 Å². The Morgan fingerprint density at radius 3 is 3.00 bits per heavy atom. The molecule has 0 amide bonds.